The smallest absolute Gasteiger partial charge is 0.150 e. The lowest BCUT2D eigenvalue weighted by Crippen LogP contribution is -1.87. The van der Waals surface area contributed by atoms with E-state index in [-0.39, 0.29) is 0 Å². The number of aldehydes is 1. The third kappa shape index (κ3) is 2.99. The summed E-state index contributed by atoms with van der Waals surface area (Å²) >= 11 is 1.61. The van der Waals surface area contributed by atoms with Gasteiger partial charge in [-0.3, -0.25) is 4.79 Å². The number of nitriles is 1. The zero-order valence-electron chi connectivity index (χ0n) is 9.67. The van der Waals surface area contributed by atoms with Crippen molar-refractivity contribution in [1.82, 2.24) is 0 Å². The van der Waals surface area contributed by atoms with Gasteiger partial charge in [-0.1, -0.05) is 36.4 Å². The molecule has 3 heteroatoms. The molecule has 0 radical (unpaired) electrons. The summed E-state index contributed by atoms with van der Waals surface area (Å²) in [6.45, 7) is 0. The summed E-state index contributed by atoms with van der Waals surface area (Å²) in [5, 5.41) is 9.06. The highest BCUT2D eigenvalue weighted by atomic mass is 32.2. The van der Waals surface area contributed by atoms with E-state index in [1.54, 1.807) is 23.9 Å². The van der Waals surface area contributed by atoms with Crippen LogP contribution in [0.15, 0.2) is 53.4 Å². The second kappa shape index (κ2) is 6.04. The normalized spacial score (nSPS) is 9.72. The molecule has 0 aliphatic heterocycles. The predicted molar refractivity (Wildman–Crippen MR) is 72.5 cm³/mol. The summed E-state index contributed by atoms with van der Waals surface area (Å²) in [7, 11) is 0. The standard InChI is InChI=1S/C15H11NOS/c16-9-14-8-13(10-17)6-7-15(14)18-11-12-4-2-1-3-5-12/h1-8,10H,11H2. The molecule has 0 aromatic heterocycles. The van der Waals surface area contributed by atoms with Crippen LogP contribution in [-0.2, 0) is 5.75 Å². The largest absolute Gasteiger partial charge is 0.298 e. The van der Waals surface area contributed by atoms with Crippen molar-refractivity contribution in [3.05, 3.63) is 65.2 Å². The molecule has 0 aliphatic carbocycles. The molecule has 0 saturated carbocycles. The molecule has 88 valence electrons. The Labute approximate surface area is 110 Å². The number of hydrogen-bond donors (Lipinski definition) is 0. The van der Waals surface area contributed by atoms with Gasteiger partial charge in [-0.05, 0) is 17.7 Å². The van der Waals surface area contributed by atoms with E-state index < -0.39 is 0 Å². The highest BCUT2D eigenvalue weighted by molar-refractivity contribution is 7.98. The molecule has 0 atom stereocenters. The van der Waals surface area contributed by atoms with Crippen LogP contribution in [0, 0.1) is 11.3 Å². The van der Waals surface area contributed by atoms with Gasteiger partial charge >= 0.3 is 0 Å². The number of nitrogens with zero attached hydrogens (tertiary/aromatic N) is 1. The van der Waals surface area contributed by atoms with Crippen molar-refractivity contribution in [3.8, 4) is 6.07 Å². The summed E-state index contributed by atoms with van der Waals surface area (Å²) in [6.07, 6.45) is 0.756. The molecule has 0 bridgehead atoms. The van der Waals surface area contributed by atoms with Gasteiger partial charge < -0.3 is 0 Å². The molecule has 0 heterocycles. The highest BCUT2D eigenvalue weighted by Gasteiger charge is 2.04. The van der Waals surface area contributed by atoms with Crippen LogP contribution >= 0.6 is 11.8 Å². The van der Waals surface area contributed by atoms with Crippen molar-refractivity contribution in [2.24, 2.45) is 0 Å². The number of thioether (sulfide) groups is 1. The van der Waals surface area contributed by atoms with Gasteiger partial charge in [0.25, 0.3) is 0 Å². The Morgan fingerprint density at radius 1 is 1.17 bits per heavy atom. The zero-order chi connectivity index (χ0) is 12.8. The fourth-order valence-electron chi connectivity index (χ4n) is 1.57. The quantitative estimate of drug-likeness (QED) is 0.616. The van der Waals surface area contributed by atoms with E-state index in [1.807, 2.05) is 24.3 Å². The monoisotopic (exact) mass is 253 g/mol. The molecule has 2 aromatic carbocycles. The summed E-state index contributed by atoms with van der Waals surface area (Å²) < 4.78 is 0. The molecule has 0 spiro atoms. The van der Waals surface area contributed by atoms with Gasteiger partial charge in [-0.15, -0.1) is 11.8 Å². The van der Waals surface area contributed by atoms with E-state index in [4.69, 9.17) is 5.26 Å². The first-order chi connectivity index (χ1) is 8.83. The second-order valence-electron chi connectivity index (χ2n) is 3.76. The van der Waals surface area contributed by atoms with Crippen LogP contribution in [0.2, 0.25) is 0 Å². The zero-order valence-corrected chi connectivity index (χ0v) is 10.5. The maximum atomic E-state index is 10.6. The van der Waals surface area contributed by atoms with Gasteiger partial charge in [0, 0.05) is 16.2 Å². The van der Waals surface area contributed by atoms with Gasteiger partial charge in [0.05, 0.1) is 5.56 Å². The number of rotatable bonds is 4. The average Bonchev–Trinajstić information content (AvgIpc) is 2.46. The Bertz CT molecular complexity index is 587. The second-order valence-corrected chi connectivity index (χ2v) is 4.78. The minimum Gasteiger partial charge on any atom is -0.298 e. The maximum Gasteiger partial charge on any atom is 0.150 e. The molecular formula is C15H11NOS. The van der Waals surface area contributed by atoms with Crippen LogP contribution in [0.25, 0.3) is 0 Å². The van der Waals surface area contributed by atoms with Crippen LogP contribution in [0.3, 0.4) is 0 Å². The lowest BCUT2D eigenvalue weighted by Gasteiger charge is -2.04. The minimum atomic E-state index is 0.538. The molecule has 2 aromatic rings. The van der Waals surface area contributed by atoms with Crippen molar-refractivity contribution < 1.29 is 4.79 Å². The SMILES string of the molecule is N#Cc1cc(C=O)ccc1SCc1ccccc1. The summed E-state index contributed by atoms with van der Waals surface area (Å²) in [6, 6.07) is 17.4. The van der Waals surface area contributed by atoms with Gasteiger partial charge in [-0.25, -0.2) is 0 Å². The molecule has 2 rings (SSSR count). The van der Waals surface area contributed by atoms with Gasteiger partial charge in [-0.2, -0.15) is 5.26 Å². The first-order valence-electron chi connectivity index (χ1n) is 5.49. The number of benzene rings is 2. The first-order valence-corrected chi connectivity index (χ1v) is 6.48. The Morgan fingerprint density at radius 3 is 2.61 bits per heavy atom. The molecule has 0 amide bonds. The van der Waals surface area contributed by atoms with E-state index in [2.05, 4.69) is 18.2 Å². The third-order valence-electron chi connectivity index (χ3n) is 2.50. The highest BCUT2D eigenvalue weighted by Crippen LogP contribution is 2.26. The Hall–Kier alpha value is -2.05. The molecule has 0 fully saturated rings. The fraction of sp³-hybridized carbons (Fsp3) is 0.0667. The Balaban J connectivity index is 2.15. The van der Waals surface area contributed by atoms with E-state index in [0.29, 0.717) is 11.1 Å². The van der Waals surface area contributed by atoms with Crippen LogP contribution < -0.4 is 0 Å². The molecule has 0 saturated heterocycles. The predicted octanol–water partition coefficient (Wildman–Crippen LogP) is 3.66. The van der Waals surface area contributed by atoms with Crippen molar-refractivity contribution in [3.63, 3.8) is 0 Å². The molecule has 0 N–H and O–H groups in total. The number of hydrogen-bond acceptors (Lipinski definition) is 3. The molecule has 0 unspecified atom stereocenters. The molecule has 2 nitrogen and oxygen atoms in total. The maximum absolute atomic E-state index is 10.6. The van der Waals surface area contributed by atoms with Crippen LogP contribution in [0.5, 0.6) is 0 Å². The van der Waals surface area contributed by atoms with Gasteiger partial charge in [0.1, 0.15) is 12.4 Å². The third-order valence-corrected chi connectivity index (χ3v) is 3.64. The minimum absolute atomic E-state index is 0.538. The van der Waals surface area contributed by atoms with Gasteiger partial charge in [0.2, 0.25) is 0 Å². The first kappa shape index (κ1) is 12.4. The van der Waals surface area contributed by atoms with Crippen molar-refractivity contribution in [2.75, 3.05) is 0 Å². The van der Waals surface area contributed by atoms with E-state index >= 15 is 0 Å². The average molecular weight is 253 g/mol. The molecular weight excluding hydrogens is 242 g/mol. The fourth-order valence-corrected chi connectivity index (χ4v) is 2.51. The lowest BCUT2D eigenvalue weighted by molar-refractivity contribution is 0.112. The van der Waals surface area contributed by atoms with Crippen molar-refractivity contribution in [2.45, 2.75) is 10.6 Å². The van der Waals surface area contributed by atoms with Crippen molar-refractivity contribution >= 4 is 18.0 Å². The number of carbonyl (C=O) groups is 1. The van der Waals surface area contributed by atoms with E-state index in [0.717, 1.165) is 16.9 Å². The van der Waals surface area contributed by atoms with Crippen LogP contribution in [0.4, 0.5) is 0 Å². The van der Waals surface area contributed by atoms with Crippen molar-refractivity contribution in [1.29, 1.82) is 5.26 Å². The Kier molecular flexibility index (Phi) is 4.16. The van der Waals surface area contributed by atoms with E-state index in [9.17, 15) is 4.79 Å². The summed E-state index contributed by atoms with van der Waals surface area (Å²) in [5.74, 6) is 0.815. The molecule has 18 heavy (non-hydrogen) atoms. The summed E-state index contributed by atoms with van der Waals surface area (Å²) in [5.41, 5.74) is 2.31. The van der Waals surface area contributed by atoms with Crippen LogP contribution in [0.1, 0.15) is 21.5 Å². The van der Waals surface area contributed by atoms with E-state index in [1.165, 1.54) is 5.56 Å². The molecule has 0 aliphatic rings. The van der Waals surface area contributed by atoms with Crippen LogP contribution in [-0.4, -0.2) is 6.29 Å². The lowest BCUT2D eigenvalue weighted by atomic mass is 10.1. The van der Waals surface area contributed by atoms with Gasteiger partial charge in [0.15, 0.2) is 0 Å². The summed E-state index contributed by atoms with van der Waals surface area (Å²) in [4.78, 5) is 11.6. The Morgan fingerprint density at radius 2 is 1.94 bits per heavy atom. The topological polar surface area (TPSA) is 40.9 Å². The number of carbonyl (C=O) groups excluding carboxylic acids is 1.